The van der Waals surface area contributed by atoms with Crippen LogP contribution in [0.1, 0.15) is 30.9 Å². The van der Waals surface area contributed by atoms with Crippen LogP contribution in [-0.4, -0.2) is 38.0 Å². The fourth-order valence-corrected chi connectivity index (χ4v) is 3.28. The molecule has 2 rings (SSSR count). The van der Waals surface area contributed by atoms with E-state index in [2.05, 4.69) is 5.32 Å². The smallest absolute Gasteiger partial charge is 0.223 e. The Kier molecular flexibility index (Phi) is 10.5. The summed E-state index contributed by atoms with van der Waals surface area (Å²) in [6.07, 6.45) is 3.05. The lowest BCUT2D eigenvalue weighted by atomic mass is 9.95. The Labute approximate surface area is 156 Å². The normalized spacial score (nSPS) is 20.9. The second-order valence-electron chi connectivity index (χ2n) is 6.31. The molecule has 1 aliphatic carbocycles. The number of hydrogen-bond acceptors (Lipinski definition) is 3. The van der Waals surface area contributed by atoms with Gasteiger partial charge in [0.2, 0.25) is 5.91 Å². The minimum absolute atomic E-state index is 0. The third-order valence-electron chi connectivity index (χ3n) is 4.65. The molecule has 1 aliphatic rings. The van der Waals surface area contributed by atoms with Crippen molar-refractivity contribution in [3.63, 3.8) is 0 Å². The molecule has 0 radical (unpaired) electrons. The summed E-state index contributed by atoms with van der Waals surface area (Å²) in [5, 5.41) is 3.05. The van der Waals surface area contributed by atoms with E-state index in [1.807, 2.05) is 19.0 Å². The molecule has 1 saturated carbocycles. The average molecular weight is 380 g/mol. The maximum absolute atomic E-state index is 13.1. The Morgan fingerprint density at radius 1 is 1.29 bits per heavy atom. The molecular formula is C17H28Cl2FN3O. The number of likely N-dealkylation sites (N-methyl/N-ethyl adjacent to an activating group) is 1. The third kappa shape index (κ3) is 5.88. The summed E-state index contributed by atoms with van der Waals surface area (Å²) in [6.45, 7) is 1.10. The largest absolute Gasteiger partial charge is 0.354 e. The second-order valence-corrected chi connectivity index (χ2v) is 6.31. The molecule has 1 aromatic rings. The molecule has 0 aliphatic heterocycles. The van der Waals surface area contributed by atoms with Gasteiger partial charge in [0, 0.05) is 12.5 Å². The second kappa shape index (κ2) is 10.9. The number of carbonyl (C=O) groups excluding carboxylic acids is 1. The Hall–Kier alpha value is -0.880. The van der Waals surface area contributed by atoms with E-state index in [-0.39, 0.29) is 48.5 Å². The Balaban J connectivity index is 0.00000264. The number of nitrogens with two attached hydrogens (primary N) is 1. The zero-order valence-corrected chi connectivity index (χ0v) is 15.8. The fraction of sp³-hybridized carbons (Fsp3) is 0.588. The van der Waals surface area contributed by atoms with Gasteiger partial charge in [-0.2, -0.15) is 0 Å². The number of carbonyl (C=O) groups is 1. The highest BCUT2D eigenvalue weighted by molar-refractivity contribution is 5.85. The van der Waals surface area contributed by atoms with Gasteiger partial charge >= 0.3 is 0 Å². The maximum atomic E-state index is 13.1. The molecule has 0 aromatic heterocycles. The van der Waals surface area contributed by atoms with E-state index < -0.39 is 0 Å². The summed E-state index contributed by atoms with van der Waals surface area (Å²) in [6, 6.07) is 6.47. The standard InChI is InChI=1S/C17H26FN3O.2ClH/c1-21(2)16(12-6-8-14(18)9-7-12)11-20-17(22)15-5-3-4-13(15)10-19;;/h6-9,13,15-16H,3-5,10-11,19H2,1-2H3,(H,20,22);2*1H/t13-,15-,16?;;/m1../s1. The van der Waals surface area contributed by atoms with Crippen LogP contribution in [0.5, 0.6) is 0 Å². The van der Waals surface area contributed by atoms with Crippen LogP contribution in [-0.2, 0) is 4.79 Å². The van der Waals surface area contributed by atoms with Crippen LogP contribution in [0.15, 0.2) is 24.3 Å². The van der Waals surface area contributed by atoms with E-state index in [0.717, 1.165) is 24.8 Å². The lowest BCUT2D eigenvalue weighted by Gasteiger charge is -2.26. The van der Waals surface area contributed by atoms with Crippen molar-refractivity contribution >= 4 is 30.7 Å². The fourth-order valence-electron chi connectivity index (χ4n) is 3.28. The summed E-state index contributed by atoms with van der Waals surface area (Å²) in [4.78, 5) is 14.4. The number of rotatable bonds is 6. The van der Waals surface area contributed by atoms with Gasteiger partial charge in [0.15, 0.2) is 0 Å². The van der Waals surface area contributed by atoms with Crippen molar-refractivity contribution in [3.8, 4) is 0 Å². The van der Waals surface area contributed by atoms with Gasteiger partial charge in [0.25, 0.3) is 0 Å². The van der Waals surface area contributed by atoms with Crippen LogP contribution < -0.4 is 11.1 Å². The van der Waals surface area contributed by atoms with E-state index in [0.29, 0.717) is 19.0 Å². The number of nitrogens with zero attached hydrogens (tertiary/aromatic N) is 1. The van der Waals surface area contributed by atoms with Crippen LogP contribution in [0.3, 0.4) is 0 Å². The van der Waals surface area contributed by atoms with Crippen molar-refractivity contribution in [2.45, 2.75) is 25.3 Å². The zero-order chi connectivity index (χ0) is 16.1. The van der Waals surface area contributed by atoms with Gasteiger partial charge in [0.1, 0.15) is 5.82 Å². The van der Waals surface area contributed by atoms with Crippen molar-refractivity contribution in [3.05, 3.63) is 35.6 Å². The van der Waals surface area contributed by atoms with Crippen LogP contribution in [0.2, 0.25) is 0 Å². The lowest BCUT2D eigenvalue weighted by Crippen LogP contribution is -2.39. The monoisotopic (exact) mass is 379 g/mol. The van der Waals surface area contributed by atoms with Gasteiger partial charge in [-0.1, -0.05) is 18.6 Å². The Morgan fingerprint density at radius 3 is 2.46 bits per heavy atom. The molecule has 3 atom stereocenters. The summed E-state index contributed by atoms with van der Waals surface area (Å²) in [7, 11) is 3.91. The molecule has 138 valence electrons. The summed E-state index contributed by atoms with van der Waals surface area (Å²) in [5.41, 5.74) is 6.74. The number of benzene rings is 1. The third-order valence-corrected chi connectivity index (χ3v) is 4.65. The van der Waals surface area contributed by atoms with Crippen LogP contribution in [0.25, 0.3) is 0 Å². The van der Waals surface area contributed by atoms with Gasteiger partial charge in [-0.25, -0.2) is 4.39 Å². The predicted octanol–water partition coefficient (Wildman–Crippen LogP) is 2.76. The molecule has 24 heavy (non-hydrogen) atoms. The molecule has 0 bridgehead atoms. The number of nitrogens with one attached hydrogen (secondary N) is 1. The van der Waals surface area contributed by atoms with Crippen molar-refractivity contribution < 1.29 is 9.18 Å². The van der Waals surface area contributed by atoms with Crippen LogP contribution in [0, 0.1) is 17.7 Å². The average Bonchev–Trinajstić information content (AvgIpc) is 2.97. The van der Waals surface area contributed by atoms with E-state index in [1.165, 1.54) is 12.1 Å². The molecule has 1 amide bonds. The topological polar surface area (TPSA) is 58.4 Å². The number of halogens is 3. The highest BCUT2D eigenvalue weighted by Gasteiger charge is 2.32. The first kappa shape index (κ1) is 23.1. The zero-order valence-electron chi connectivity index (χ0n) is 14.2. The molecule has 1 aromatic carbocycles. The van der Waals surface area contributed by atoms with Crippen LogP contribution >= 0.6 is 24.8 Å². The molecule has 3 N–H and O–H groups in total. The van der Waals surface area contributed by atoms with E-state index >= 15 is 0 Å². The minimum atomic E-state index is -0.248. The molecule has 1 fully saturated rings. The maximum Gasteiger partial charge on any atom is 0.223 e. The first-order valence-corrected chi connectivity index (χ1v) is 7.92. The van der Waals surface area contributed by atoms with Gasteiger partial charge < -0.3 is 16.0 Å². The first-order valence-electron chi connectivity index (χ1n) is 7.92. The predicted molar refractivity (Wildman–Crippen MR) is 100 cm³/mol. The van der Waals surface area contributed by atoms with E-state index in [4.69, 9.17) is 5.73 Å². The van der Waals surface area contributed by atoms with Gasteiger partial charge in [-0.3, -0.25) is 4.79 Å². The molecular weight excluding hydrogens is 352 g/mol. The highest BCUT2D eigenvalue weighted by atomic mass is 35.5. The van der Waals surface area contributed by atoms with Gasteiger partial charge in [-0.15, -0.1) is 24.8 Å². The van der Waals surface area contributed by atoms with Crippen molar-refractivity contribution in [2.75, 3.05) is 27.2 Å². The van der Waals surface area contributed by atoms with Crippen molar-refractivity contribution in [1.29, 1.82) is 0 Å². The van der Waals surface area contributed by atoms with Crippen molar-refractivity contribution in [1.82, 2.24) is 10.2 Å². The molecule has 1 unspecified atom stereocenters. The molecule has 0 heterocycles. The molecule has 4 nitrogen and oxygen atoms in total. The minimum Gasteiger partial charge on any atom is -0.354 e. The summed E-state index contributed by atoms with van der Waals surface area (Å²) < 4.78 is 13.1. The van der Waals surface area contributed by atoms with Gasteiger partial charge in [0.05, 0.1) is 6.04 Å². The van der Waals surface area contributed by atoms with Crippen molar-refractivity contribution in [2.24, 2.45) is 17.6 Å². The number of amides is 1. The lowest BCUT2D eigenvalue weighted by molar-refractivity contribution is -0.126. The number of hydrogen-bond donors (Lipinski definition) is 2. The Bertz CT molecular complexity index is 499. The van der Waals surface area contributed by atoms with E-state index in [9.17, 15) is 9.18 Å². The summed E-state index contributed by atoms with van der Waals surface area (Å²) in [5.74, 6) is 0.202. The van der Waals surface area contributed by atoms with Crippen LogP contribution in [0.4, 0.5) is 4.39 Å². The first-order chi connectivity index (χ1) is 10.5. The van der Waals surface area contributed by atoms with Gasteiger partial charge in [-0.05, 0) is 57.1 Å². The Morgan fingerprint density at radius 2 is 1.92 bits per heavy atom. The molecule has 7 heteroatoms. The summed E-state index contributed by atoms with van der Waals surface area (Å²) >= 11 is 0. The SMILES string of the molecule is CN(C)C(CNC(=O)[C@@H]1CCC[C@@H]1CN)c1ccc(F)cc1.Cl.Cl. The molecule has 0 spiro atoms. The molecule has 0 saturated heterocycles. The quantitative estimate of drug-likeness (QED) is 0.798. The highest BCUT2D eigenvalue weighted by Crippen LogP contribution is 2.31. The van der Waals surface area contributed by atoms with E-state index in [1.54, 1.807) is 12.1 Å².